The third-order valence-electron chi connectivity index (χ3n) is 4.66. The van der Waals surface area contributed by atoms with Crippen LogP contribution in [0, 0.1) is 0 Å². The van der Waals surface area contributed by atoms with Gasteiger partial charge in [-0.3, -0.25) is 9.78 Å². The van der Waals surface area contributed by atoms with Gasteiger partial charge in [0.2, 0.25) is 5.91 Å². The van der Waals surface area contributed by atoms with Crippen molar-refractivity contribution in [1.29, 1.82) is 0 Å². The molecule has 0 aliphatic carbocycles. The van der Waals surface area contributed by atoms with E-state index in [4.69, 9.17) is 4.98 Å². The lowest BCUT2D eigenvalue weighted by Gasteiger charge is -2.14. The Bertz CT molecular complexity index is 1040. The van der Waals surface area contributed by atoms with E-state index in [1.54, 1.807) is 31.1 Å². The highest BCUT2D eigenvalue weighted by atomic mass is 32.1. The fraction of sp³-hybridized carbons (Fsp3) is 0.200. The normalized spacial score (nSPS) is 13.7. The van der Waals surface area contributed by atoms with Crippen LogP contribution in [-0.4, -0.2) is 33.3 Å². The molecule has 0 saturated heterocycles. The molecule has 0 saturated carbocycles. The van der Waals surface area contributed by atoms with Gasteiger partial charge in [0.25, 0.3) is 0 Å². The van der Waals surface area contributed by atoms with Gasteiger partial charge in [-0.2, -0.15) is 0 Å². The number of oxime groups is 1. The molecule has 1 N–H and O–H groups in total. The van der Waals surface area contributed by atoms with Crippen LogP contribution in [0.25, 0.3) is 21.8 Å². The molecule has 7 heteroatoms. The molecule has 0 atom stereocenters. The molecule has 0 bridgehead atoms. The standard InChI is InChI=1S/C20H18N4O2S/c1-12(23-26)19-18(22-20(27-19)14-5-8-21-9-6-14)16-3-4-17-15(11-16)7-10-24(17)13(2)25/h3-6,8-9,11,26H,7,10H2,1-2H3/b23-12+. The van der Waals surface area contributed by atoms with Crippen LogP contribution in [0.3, 0.4) is 0 Å². The Labute approximate surface area is 160 Å². The van der Waals surface area contributed by atoms with Gasteiger partial charge in [0.1, 0.15) is 5.01 Å². The second-order valence-electron chi connectivity index (χ2n) is 6.38. The van der Waals surface area contributed by atoms with E-state index in [1.165, 1.54) is 11.3 Å². The minimum Gasteiger partial charge on any atom is -0.411 e. The smallest absolute Gasteiger partial charge is 0.223 e. The average Bonchev–Trinajstić information content (AvgIpc) is 3.32. The number of carbonyl (C=O) groups is 1. The molecule has 27 heavy (non-hydrogen) atoms. The van der Waals surface area contributed by atoms with Gasteiger partial charge in [-0.25, -0.2) is 4.98 Å². The van der Waals surface area contributed by atoms with E-state index in [0.29, 0.717) is 12.3 Å². The number of rotatable bonds is 3. The molecule has 136 valence electrons. The van der Waals surface area contributed by atoms with Crippen molar-refractivity contribution in [3.05, 3.63) is 53.2 Å². The Balaban J connectivity index is 1.82. The summed E-state index contributed by atoms with van der Waals surface area (Å²) in [5, 5.41) is 13.5. The largest absolute Gasteiger partial charge is 0.411 e. The summed E-state index contributed by atoms with van der Waals surface area (Å²) in [5.41, 5.74) is 5.32. The topological polar surface area (TPSA) is 78.7 Å². The van der Waals surface area contributed by atoms with Gasteiger partial charge in [0.05, 0.1) is 16.3 Å². The SMILES string of the molecule is CC(=O)N1CCc2cc(-c3nc(-c4ccncc4)sc3/C(C)=N/O)ccc21. The number of amides is 1. The summed E-state index contributed by atoms with van der Waals surface area (Å²) in [4.78, 5) is 23.3. The van der Waals surface area contributed by atoms with Crippen molar-refractivity contribution < 1.29 is 10.0 Å². The van der Waals surface area contributed by atoms with Crippen molar-refractivity contribution >= 4 is 28.6 Å². The molecular formula is C20H18N4O2S. The third kappa shape index (κ3) is 3.10. The number of aromatic nitrogens is 2. The highest BCUT2D eigenvalue weighted by Crippen LogP contribution is 2.37. The predicted octanol–water partition coefficient (Wildman–Crippen LogP) is 3.98. The van der Waals surface area contributed by atoms with E-state index in [9.17, 15) is 10.0 Å². The second-order valence-corrected chi connectivity index (χ2v) is 7.38. The molecule has 0 radical (unpaired) electrons. The van der Waals surface area contributed by atoms with Crippen LogP contribution in [0.2, 0.25) is 0 Å². The molecule has 6 nitrogen and oxygen atoms in total. The molecule has 0 spiro atoms. The second kappa shape index (κ2) is 6.92. The van der Waals surface area contributed by atoms with Gasteiger partial charge in [-0.15, -0.1) is 11.3 Å². The summed E-state index contributed by atoms with van der Waals surface area (Å²) < 4.78 is 0. The minimum atomic E-state index is 0.0547. The van der Waals surface area contributed by atoms with Gasteiger partial charge in [-0.1, -0.05) is 11.2 Å². The molecule has 3 heterocycles. The number of pyridine rings is 1. The maximum Gasteiger partial charge on any atom is 0.223 e. The summed E-state index contributed by atoms with van der Waals surface area (Å²) in [5.74, 6) is 0.0547. The summed E-state index contributed by atoms with van der Waals surface area (Å²) in [7, 11) is 0. The molecule has 1 aliphatic heterocycles. The number of hydrogen-bond donors (Lipinski definition) is 1. The Hall–Kier alpha value is -3.06. The summed E-state index contributed by atoms with van der Waals surface area (Å²) in [6.07, 6.45) is 4.29. The average molecular weight is 378 g/mol. The number of hydrogen-bond acceptors (Lipinski definition) is 6. The zero-order valence-electron chi connectivity index (χ0n) is 15.0. The van der Waals surface area contributed by atoms with Crippen molar-refractivity contribution in [1.82, 2.24) is 9.97 Å². The van der Waals surface area contributed by atoms with Crippen LogP contribution in [0.15, 0.2) is 47.9 Å². The number of fused-ring (bicyclic) bond motifs is 1. The number of benzene rings is 1. The molecular weight excluding hydrogens is 360 g/mol. The first-order valence-corrected chi connectivity index (χ1v) is 9.42. The molecule has 4 rings (SSSR count). The first-order chi connectivity index (χ1) is 13.1. The lowest BCUT2D eigenvalue weighted by atomic mass is 10.0. The summed E-state index contributed by atoms with van der Waals surface area (Å²) in [6.45, 7) is 4.05. The fourth-order valence-corrected chi connectivity index (χ4v) is 4.33. The number of thiazole rings is 1. The Morgan fingerprint density at radius 2 is 1.96 bits per heavy atom. The van der Waals surface area contributed by atoms with E-state index in [2.05, 4.69) is 16.2 Å². The monoisotopic (exact) mass is 378 g/mol. The van der Waals surface area contributed by atoms with Gasteiger partial charge in [-0.05, 0) is 43.2 Å². The van der Waals surface area contributed by atoms with Crippen LogP contribution in [0.4, 0.5) is 5.69 Å². The molecule has 1 amide bonds. The van der Waals surface area contributed by atoms with Crippen molar-refractivity contribution in [3.63, 3.8) is 0 Å². The van der Waals surface area contributed by atoms with E-state index in [1.807, 2.05) is 24.3 Å². The zero-order chi connectivity index (χ0) is 19.0. The van der Waals surface area contributed by atoms with Crippen molar-refractivity contribution in [2.75, 3.05) is 11.4 Å². The lowest BCUT2D eigenvalue weighted by Crippen LogP contribution is -2.25. The number of anilines is 1. The van der Waals surface area contributed by atoms with Crippen molar-refractivity contribution in [2.45, 2.75) is 20.3 Å². The Morgan fingerprint density at radius 3 is 2.67 bits per heavy atom. The maximum absolute atomic E-state index is 11.8. The van der Waals surface area contributed by atoms with E-state index < -0.39 is 0 Å². The quantitative estimate of drug-likeness (QED) is 0.425. The molecule has 0 unspecified atom stereocenters. The predicted molar refractivity (Wildman–Crippen MR) is 107 cm³/mol. The fourth-order valence-electron chi connectivity index (χ4n) is 3.30. The van der Waals surface area contributed by atoms with E-state index in [0.717, 1.165) is 44.4 Å². The first-order valence-electron chi connectivity index (χ1n) is 8.60. The van der Waals surface area contributed by atoms with Crippen LogP contribution < -0.4 is 4.90 Å². The number of nitrogens with zero attached hydrogens (tertiary/aromatic N) is 4. The van der Waals surface area contributed by atoms with Crippen LogP contribution in [0.5, 0.6) is 0 Å². The highest BCUT2D eigenvalue weighted by Gasteiger charge is 2.24. The molecule has 3 aromatic rings. The highest BCUT2D eigenvalue weighted by molar-refractivity contribution is 7.17. The van der Waals surface area contributed by atoms with Crippen LogP contribution in [-0.2, 0) is 11.2 Å². The van der Waals surface area contributed by atoms with Gasteiger partial charge < -0.3 is 10.1 Å². The van der Waals surface area contributed by atoms with Gasteiger partial charge in [0, 0.05) is 42.7 Å². The van der Waals surface area contributed by atoms with E-state index in [-0.39, 0.29) is 5.91 Å². The third-order valence-corrected chi connectivity index (χ3v) is 5.87. The summed E-state index contributed by atoms with van der Waals surface area (Å²) >= 11 is 1.48. The lowest BCUT2D eigenvalue weighted by molar-refractivity contribution is -0.116. The Morgan fingerprint density at radius 1 is 1.19 bits per heavy atom. The Kier molecular flexibility index (Phi) is 4.45. The van der Waals surface area contributed by atoms with Crippen molar-refractivity contribution in [3.8, 4) is 21.8 Å². The van der Waals surface area contributed by atoms with Crippen LogP contribution in [0.1, 0.15) is 24.3 Å². The molecule has 1 aliphatic rings. The number of carbonyl (C=O) groups excluding carboxylic acids is 1. The first kappa shape index (κ1) is 17.4. The molecule has 2 aromatic heterocycles. The van der Waals surface area contributed by atoms with Crippen LogP contribution >= 0.6 is 11.3 Å². The van der Waals surface area contributed by atoms with Crippen molar-refractivity contribution in [2.24, 2.45) is 5.16 Å². The molecule has 1 aromatic carbocycles. The van der Waals surface area contributed by atoms with E-state index >= 15 is 0 Å². The maximum atomic E-state index is 11.8. The zero-order valence-corrected chi connectivity index (χ0v) is 15.8. The van der Waals surface area contributed by atoms with Gasteiger partial charge >= 0.3 is 0 Å². The van der Waals surface area contributed by atoms with Gasteiger partial charge in [0.15, 0.2) is 0 Å². The minimum absolute atomic E-state index is 0.0547. The molecule has 0 fully saturated rings. The summed E-state index contributed by atoms with van der Waals surface area (Å²) in [6, 6.07) is 9.84.